The van der Waals surface area contributed by atoms with E-state index in [0.717, 1.165) is 23.1 Å². The van der Waals surface area contributed by atoms with E-state index in [1.54, 1.807) is 16.4 Å². The van der Waals surface area contributed by atoms with Crippen LogP contribution in [0.5, 0.6) is 0 Å². The number of hydrogen-bond donors (Lipinski definition) is 0. The summed E-state index contributed by atoms with van der Waals surface area (Å²) in [6, 6.07) is 25.8. The summed E-state index contributed by atoms with van der Waals surface area (Å²) < 4.78 is 28.5. The molecule has 0 unspecified atom stereocenters. The summed E-state index contributed by atoms with van der Waals surface area (Å²) in [6.45, 7) is 2.73. The molecule has 0 radical (unpaired) electrons. The second-order valence-corrected chi connectivity index (χ2v) is 9.84. The van der Waals surface area contributed by atoms with Crippen molar-refractivity contribution in [2.75, 3.05) is 13.1 Å². The first-order valence-corrected chi connectivity index (χ1v) is 11.6. The summed E-state index contributed by atoms with van der Waals surface area (Å²) in [5.74, 6) is 0. The van der Waals surface area contributed by atoms with Crippen LogP contribution in [-0.2, 0) is 16.4 Å². The Kier molecular flexibility index (Phi) is 4.69. The molecule has 3 nitrogen and oxygen atoms in total. The van der Waals surface area contributed by atoms with E-state index in [2.05, 4.69) is 42.5 Å². The van der Waals surface area contributed by atoms with Crippen LogP contribution in [0.15, 0.2) is 95.4 Å². The predicted molar refractivity (Wildman–Crippen MR) is 121 cm³/mol. The van der Waals surface area contributed by atoms with Crippen molar-refractivity contribution in [3.05, 3.63) is 113 Å². The number of rotatable bonds is 3. The summed E-state index contributed by atoms with van der Waals surface area (Å²) in [5.41, 5.74) is 8.13. The molecule has 0 amide bonds. The molecule has 4 heteroatoms. The van der Waals surface area contributed by atoms with Crippen molar-refractivity contribution in [3.63, 3.8) is 0 Å². The Morgan fingerprint density at radius 3 is 2.30 bits per heavy atom. The molecule has 1 aliphatic heterocycles. The van der Waals surface area contributed by atoms with Gasteiger partial charge in [-0.25, -0.2) is 8.42 Å². The van der Waals surface area contributed by atoms with Gasteiger partial charge in [0.25, 0.3) is 0 Å². The highest BCUT2D eigenvalue weighted by Gasteiger charge is 2.32. The van der Waals surface area contributed by atoms with Crippen molar-refractivity contribution >= 4 is 21.2 Å². The molecule has 2 aliphatic rings. The van der Waals surface area contributed by atoms with Gasteiger partial charge in [0.2, 0.25) is 10.0 Å². The predicted octanol–water partition coefficient (Wildman–Crippen LogP) is 5.09. The highest BCUT2D eigenvalue weighted by molar-refractivity contribution is 7.89. The van der Waals surface area contributed by atoms with E-state index in [4.69, 9.17) is 0 Å². The third-order valence-electron chi connectivity index (χ3n) is 5.92. The maximum Gasteiger partial charge on any atom is 0.243 e. The summed E-state index contributed by atoms with van der Waals surface area (Å²) in [6.07, 6.45) is 2.86. The Labute approximate surface area is 178 Å². The lowest BCUT2D eigenvalue weighted by atomic mass is 9.92. The monoisotopic (exact) mass is 413 g/mol. The van der Waals surface area contributed by atoms with Crippen molar-refractivity contribution in [3.8, 4) is 0 Å². The maximum atomic E-state index is 13.4. The number of sulfonamides is 1. The Balaban J connectivity index is 1.62. The average molecular weight is 414 g/mol. The molecule has 150 valence electrons. The lowest BCUT2D eigenvalue weighted by Crippen LogP contribution is -2.32. The zero-order valence-corrected chi connectivity index (χ0v) is 17.7. The minimum absolute atomic E-state index is 0.349. The molecule has 30 heavy (non-hydrogen) atoms. The normalized spacial score (nSPS) is 16.6. The zero-order valence-electron chi connectivity index (χ0n) is 16.9. The van der Waals surface area contributed by atoms with Crippen LogP contribution in [0.4, 0.5) is 0 Å². The van der Waals surface area contributed by atoms with E-state index < -0.39 is 10.0 Å². The van der Waals surface area contributed by atoms with Crippen molar-refractivity contribution in [2.24, 2.45) is 0 Å². The fourth-order valence-electron chi connectivity index (χ4n) is 4.39. The molecule has 1 aliphatic carbocycles. The van der Waals surface area contributed by atoms with E-state index >= 15 is 0 Å². The molecule has 0 saturated heterocycles. The van der Waals surface area contributed by atoms with Gasteiger partial charge in [0.1, 0.15) is 0 Å². The van der Waals surface area contributed by atoms with Gasteiger partial charge in [0.15, 0.2) is 0 Å². The van der Waals surface area contributed by atoms with Crippen LogP contribution >= 0.6 is 0 Å². The van der Waals surface area contributed by atoms with E-state index in [1.807, 2.05) is 37.3 Å². The Morgan fingerprint density at radius 1 is 0.833 bits per heavy atom. The molecule has 5 rings (SSSR count). The second-order valence-electron chi connectivity index (χ2n) is 7.91. The minimum Gasteiger partial charge on any atom is -0.207 e. The van der Waals surface area contributed by atoms with Crippen LogP contribution in [0, 0.1) is 6.92 Å². The fraction of sp³-hybridized carbons (Fsp3) is 0.154. The summed E-state index contributed by atoms with van der Waals surface area (Å²) >= 11 is 0. The van der Waals surface area contributed by atoms with Crippen LogP contribution in [0.1, 0.15) is 22.3 Å². The number of hydrogen-bond acceptors (Lipinski definition) is 2. The Morgan fingerprint density at radius 2 is 1.53 bits per heavy atom. The molecule has 3 aromatic rings. The van der Waals surface area contributed by atoms with Gasteiger partial charge in [-0.05, 0) is 58.9 Å². The number of aryl methyl sites for hydroxylation is 1. The lowest BCUT2D eigenvalue weighted by Gasteiger charge is -2.21. The largest absolute Gasteiger partial charge is 0.243 e. The zero-order chi connectivity index (χ0) is 20.7. The summed E-state index contributed by atoms with van der Waals surface area (Å²) in [4.78, 5) is 0.349. The van der Waals surface area contributed by atoms with Crippen LogP contribution in [-0.4, -0.2) is 25.8 Å². The van der Waals surface area contributed by atoms with E-state index in [1.165, 1.54) is 22.3 Å². The smallest absolute Gasteiger partial charge is 0.207 e. The van der Waals surface area contributed by atoms with Crippen LogP contribution in [0.3, 0.4) is 0 Å². The molecular formula is C26H23NO2S. The number of fused-ring (bicyclic) bond motifs is 2. The first kappa shape index (κ1) is 19.0. The number of allylic oxidation sites excluding steroid dienone is 2. The van der Waals surface area contributed by atoms with Gasteiger partial charge in [-0.2, -0.15) is 4.31 Å². The van der Waals surface area contributed by atoms with Crippen molar-refractivity contribution in [1.82, 2.24) is 4.31 Å². The molecule has 0 N–H and O–H groups in total. The van der Waals surface area contributed by atoms with Crippen LogP contribution < -0.4 is 0 Å². The molecule has 0 bridgehead atoms. The van der Waals surface area contributed by atoms with E-state index in [9.17, 15) is 8.42 Å². The quantitative estimate of drug-likeness (QED) is 0.600. The van der Waals surface area contributed by atoms with E-state index in [-0.39, 0.29) is 0 Å². The van der Waals surface area contributed by atoms with Crippen molar-refractivity contribution in [2.45, 2.75) is 18.2 Å². The number of benzene rings is 3. The molecule has 0 fully saturated rings. The summed E-state index contributed by atoms with van der Waals surface area (Å²) in [5, 5.41) is 0. The van der Waals surface area contributed by atoms with Gasteiger partial charge in [-0.15, -0.1) is 0 Å². The van der Waals surface area contributed by atoms with Gasteiger partial charge in [0, 0.05) is 13.1 Å². The van der Waals surface area contributed by atoms with Gasteiger partial charge in [0.05, 0.1) is 4.90 Å². The topological polar surface area (TPSA) is 37.4 Å². The molecule has 0 atom stereocenters. The van der Waals surface area contributed by atoms with Crippen LogP contribution in [0.2, 0.25) is 0 Å². The molecule has 3 aromatic carbocycles. The molecule has 0 saturated carbocycles. The first-order valence-electron chi connectivity index (χ1n) is 10.2. The molecule has 1 heterocycles. The highest BCUT2D eigenvalue weighted by atomic mass is 32.2. The van der Waals surface area contributed by atoms with Crippen molar-refractivity contribution < 1.29 is 8.42 Å². The average Bonchev–Trinajstić information content (AvgIpc) is 3.00. The molecule has 0 aromatic heterocycles. The Hall–Kier alpha value is -2.95. The molecular weight excluding hydrogens is 390 g/mol. The fourth-order valence-corrected chi connectivity index (χ4v) is 5.77. The van der Waals surface area contributed by atoms with Crippen molar-refractivity contribution in [1.29, 1.82) is 0 Å². The summed E-state index contributed by atoms with van der Waals surface area (Å²) in [7, 11) is -3.58. The van der Waals surface area contributed by atoms with Gasteiger partial charge >= 0.3 is 0 Å². The SMILES string of the molecule is Cc1ccc(S(=O)(=O)N2CC=C(c3ccccc3)C3=C(Cc4ccccc43)C2)cc1. The molecule has 0 spiro atoms. The third-order valence-corrected chi connectivity index (χ3v) is 7.75. The first-order chi connectivity index (χ1) is 14.5. The number of nitrogens with zero attached hydrogens (tertiary/aromatic N) is 1. The minimum atomic E-state index is -3.58. The third kappa shape index (κ3) is 3.22. The van der Waals surface area contributed by atoms with Gasteiger partial charge < -0.3 is 0 Å². The van der Waals surface area contributed by atoms with E-state index in [0.29, 0.717) is 18.0 Å². The van der Waals surface area contributed by atoms with Gasteiger partial charge in [-0.3, -0.25) is 0 Å². The van der Waals surface area contributed by atoms with Gasteiger partial charge in [-0.1, -0.05) is 78.4 Å². The standard InChI is InChI=1S/C26H23NO2S/c1-19-11-13-23(14-12-19)30(28,29)27-16-15-25(20-7-3-2-4-8-20)26-22(18-27)17-21-9-5-6-10-24(21)26/h2-15H,16-18H2,1H3. The maximum absolute atomic E-state index is 13.4. The second kappa shape index (κ2) is 7.38. The Bertz CT molecular complexity index is 1270. The lowest BCUT2D eigenvalue weighted by molar-refractivity contribution is 0.467. The highest BCUT2D eigenvalue weighted by Crippen LogP contribution is 2.43. The van der Waals surface area contributed by atoms with Crippen LogP contribution in [0.25, 0.3) is 11.1 Å².